The highest BCUT2D eigenvalue weighted by atomic mass is 79.9. The van der Waals surface area contributed by atoms with Crippen molar-refractivity contribution in [2.75, 3.05) is 11.9 Å². The van der Waals surface area contributed by atoms with E-state index in [0.717, 1.165) is 32.4 Å². The van der Waals surface area contributed by atoms with Gasteiger partial charge in [0.1, 0.15) is 5.75 Å². The molecule has 30 heavy (non-hydrogen) atoms. The van der Waals surface area contributed by atoms with E-state index in [0.29, 0.717) is 16.5 Å². The Morgan fingerprint density at radius 2 is 1.83 bits per heavy atom. The minimum absolute atomic E-state index is 0.128. The zero-order valence-corrected chi connectivity index (χ0v) is 19.3. The lowest BCUT2D eigenvalue weighted by Gasteiger charge is -2.11. The zero-order valence-electron chi connectivity index (χ0n) is 17.0. The minimum atomic E-state index is -0.268. The molecule has 0 aliphatic carbocycles. The van der Waals surface area contributed by atoms with Crippen molar-refractivity contribution in [2.45, 2.75) is 20.8 Å². The Bertz CT molecular complexity index is 1110. The molecule has 6 heteroatoms. The van der Waals surface area contributed by atoms with Gasteiger partial charge >= 0.3 is 0 Å². The highest BCUT2D eigenvalue weighted by Gasteiger charge is 2.08. The van der Waals surface area contributed by atoms with Gasteiger partial charge in [-0.25, -0.2) is 0 Å². The molecule has 0 atom stereocenters. The number of rotatable bonds is 6. The zero-order chi connectivity index (χ0) is 21.7. The number of ether oxygens (including phenoxy) is 1. The quantitative estimate of drug-likeness (QED) is 0.391. The molecule has 0 heterocycles. The summed E-state index contributed by atoms with van der Waals surface area (Å²) in [6.45, 7) is 5.83. The highest BCUT2D eigenvalue weighted by molar-refractivity contribution is 9.10. The van der Waals surface area contributed by atoms with Crippen molar-refractivity contribution in [2.24, 2.45) is 4.99 Å². The number of carbonyl (C=O) groups is 1. The third-order valence-corrected chi connectivity index (χ3v) is 5.39. The second-order valence-electron chi connectivity index (χ2n) is 7.03. The fourth-order valence-electron chi connectivity index (χ4n) is 2.76. The van der Waals surface area contributed by atoms with Crippen molar-refractivity contribution in [3.8, 4) is 5.75 Å². The van der Waals surface area contributed by atoms with E-state index in [4.69, 9.17) is 16.3 Å². The Kier molecular flexibility index (Phi) is 7.29. The number of aliphatic imine (C=N–C) groups is 1. The summed E-state index contributed by atoms with van der Waals surface area (Å²) in [5.41, 5.74) is 5.49. The number of nitrogens with one attached hydrogen (secondary N) is 1. The number of carbonyl (C=O) groups excluding carboxylic acids is 1. The molecule has 0 aliphatic rings. The predicted molar refractivity (Wildman–Crippen MR) is 128 cm³/mol. The molecule has 3 aromatic rings. The molecule has 0 saturated carbocycles. The number of amides is 1. The van der Waals surface area contributed by atoms with Crippen molar-refractivity contribution in [1.29, 1.82) is 0 Å². The molecule has 0 bridgehead atoms. The van der Waals surface area contributed by atoms with Crippen LogP contribution in [0.1, 0.15) is 22.3 Å². The molecule has 0 saturated heterocycles. The maximum absolute atomic E-state index is 12.3. The number of benzene rings is 3. The van der Waals surface area contributed by atoms with E-state index in [2.05, 4.69) is 32.3 Å². The summed E-state index contributed by atoms with van der Waals surface area (Å²) in [5.74, 6) is 0.305. The van der Waals surface area contributed by atoms with Crippen LogP contribution in [0.3, 0.4) is 0 Å². The SMILES string of the molecule is Cc1ccc(C)c(N=Cc2cc(Br)ccc2OCC(=O)Nc2ccc(C)c(Cl)c2)c1. The van der Waals surface area contributed by atoms with E-state index in [9.17, 15) is 4.79 Å². The molecule has 3 aromatic carbocycles. The first-order valence-corrected chi connectivity index (χ1v) is 10.6. The summed E-state index contributed by atoms with van der Waals surface area (Å²) in [4.78, 5) is 16.9. The normalized spacial score (nSPS) is 11.0. The summed E-state index contributed by atoms with van der Waals surface area (Å²) in [5, 5.41) is 3.39. The molecular weight excluding hydrogens is 464 g/mol. The van der Waals surface area contributed by atoms with Crippen molar-refractivity contribution in [3.05, 3.63) is 86.3 Å². The van der Waals surface area contributed by atoms with E-state index in [1.165, 1.54) is 0 Å². The van der Waals surface area contributed by atoms with E-state index in [-0.39, 0.29) is 12.5 Å². The number of nitrogens with zero attached hydrogens (tertiary/aromatic N) is 1. The summed E-state index contributed by atoms with van der Waals surface area (Å²) in [6, 6.07) is 17.1. The number of aryl methyl sites for hydroxylation is 3. The van der Waals surface area contributed by atoms with Gasteiger partial charge in [0.25, 0.3) is 5.91 Å². The predicted octanol–water partition coefficient (Wildman–Crippen LogP) is 6.80. The second-order valence-corrected chi connectivity index (χ2v) is 8.35. The smallest absolute Gasteiger partial charge is 0.262 e. The first-order valence-electron chi connectivity index (χ1n) is 9.41. The van der Waals surface area contributed by atoms with Crippen molar-refractivity contribution in [3.63, 3.8) is 0 Å². The fraction of sp³-hybridized carbons (Fsp3) is 0.167. The van der Waals surface area contributed by atoms with Crippen LogP contribution < -0.4 is 10.1 Å². The van der Waals surface area contributed by atoms with Crippen LogP contribution in [-0.2, 0) is 4.79 Å². The van der Waals surface area contributed by atoms with Gasteiger partial charge < -0.3 is 10.1 Å². The van der Waals surface area contributed by atoms with Crippen LogP contribution >= 0.6 is 27.5 Å². The molecule has 0 radical (unpaired) electrons. The Hall–Kier alpha value is -2.63. The summed E-state index contributed by atoms with van der Waals surface area (Å²) in [6.07, 6.45) is 1.75. The molecule has 0 spiro atoms. The third kappa shape index (κ3) is 5.94. The average Bonchev–Trinajstić information content (AvgIpc) is 2.70. The first-order chi connectivity index (χ1) is 14.3. The van der Waals surface area contributed by atoms with Gasteiger partial charge in [0.05, 0.1) is 5.69 Å². The molecule has 3 rings (SSSR count). The first kappa shape index (κ1) is 22.1. The van der Waals surface area contributed by atoms with E-state index >= 15 is 0 Å². The molecule has 0 aromatic heterocycles. The Labute approximate surface area is 190 Å². The van der Waals surface area contributed by atoms with Gasteiger partial charge in [0.2, 0.25) is 0 Å². The van der Waals surface area contributed by atoms with E-state index < -0.39 is 0 Å². The number of hydrogen-bond acceptors (Lipinski definition) is 3. The molecule has 4 nitrogen and oxygen atoms in total. The monoisotopic (exact) mass is 484 g/mol. The molecule has 154 valence electrons. The fourth-order valence-corrected chi connectivity index (χ4v) is 3.32. The van der Waals surface area contributed by atoms with Crippen molar-refractivity contribution >= 4 is 51.0 Å². The third-order valence-electron chi connectivity index (χ3n) is 4.49. The molecule has 0 aliphatic heterocycles. The van der Waals surface area contributed by atoms with Crippen LogP contribution in [0, 0.1) is 20.8 Å². The molecule has 1 N–H and O–H groups in total. The largest absolute Gasteiger partial charge is 0.483 e. The van der Waals surface area contributed by atoms with Crippen molar-refractivity contribution < 1.29 is 9.53 Å². The lowest BCUT2D eigenvalue weighted by Crippen LogP contribution is -2.20. The van der Waals surface area contributed by atoms with E-state index in [1.807, 2.05) is 57.2 Å². The van der Waals surface area contributed by atoms with Gasteiger partial charge in [-0.3, -0.25) is 9.79 Å². The van der Waals surface area contributed by atoms with Crippen LogP contribution in [0.4, 0.5) is 11.4 Å². The Morgan fingerprint density at radius 3 is 2.60 bits per heavy atom. The maximum atomic E-state index is 12.3. The lowest BCUT2D eigenvalue weighted by atomic mass is 10.1. The maximum Gasteiger partial charge on any atom is 0.262 e. The van der Waals surface area contributed by atoms with E-state index in [1.54, 1.807) is 18.3 Å². The van der Waals surface area contributed by atoms with Crippen molar-refractivity contribution in [1.82, 2.24) is 0 Å². The second kappa shape index (κ2) is 9.92. The highest BCUT2D eigenvalue weighted by Crippen LogP contribution is 2.25. The minimum Gasteiger partial charge on any atom is -0.483 e. The average molecular weight is 486 g/mol. The molecule has 1 amide bonds. The van der Waals surface area contributed by atoms with Gasteiger partial charge in [-0.2, -0.15) is 0 Å². The van der Waals surface area contributed by atoms with Crippen LogP contribution in [0.5, 0.6) is 5.75 Å². The summed E-state index contributed by atoms with van der Waals surface area (Å²) < 4.78 is 6.66. The standard InChI is InChI=1S/C24H22BrClN2O2/c1-15-4-5-17(3)22(10-15)27-13-18-11-19(25)7-9-23(18)30-14-24(29)28-20-8-6-16(2)21(26)12-20/h4-13H,14H2,1-3H3,(H,28,29). The molecular formula is C24H22BrClN2O2. The molecule has 0 fully saturated rings. The summed E-state index contributed by atoms with van der Waals surface area (Å²) >= 11 is 9.59. The summed E-state index contributed by atoms with van der Waals surface area (Å²) in [7, 11) is 0. The van der Waals surface area contributed by atoms with Crippen LogP contribution in [0.2, 0.25) is 5.02 Å². The van der Waals surface area contributed by atoms with Gasteiger partial charge in [0, 0.05) is 27.0 Å². The number of anilines is 1. The van der Waals surface area contributed by atoms with Crippen LogP contribution in [0.25, 0.3) is 0 Å². The van der Waals surface area contributed by atoms with Gasteiger partial charge in [0.15, 0.2) is 6.61 Å². The number of hydrogen-bond donors (Lipinski definition) is 1. The van der Waals surface area contributed by atoms with Crippen LogP contribution in [-0.4, -0.2) is 18.7 Å². The van der Waals surface area contributed by atoms with Gasteiger partial charge in [-0.05, 0) is 73.9 Å². The molecule has 0 unspecified atom stereocenters. The Morgan fingerprint density at radius 1 is 1.07 bits per heavy atom. The topological polar surface area (TPSA) is 50.7 Å². The van der Waals surface area contributed by atoms with Crippen LogP contribution in [0.15, 0.2) is 64.1 Å². The van der Waals surface area contributed by atoms with Gasteiger partial charge in [-0.15, -0.1) is 0 Å². The Balaban J connectivity index is 1.71. The van der Waals surface area contributed by atoms with Gasteiger partial charge in [-0.1, -0.05) is 45.7 Å². The lowest BCUT2D eigenvalue weighted by molar-refractivity contribution is -0.118. The number of halogens is 2.